The van der Waals surface area contributed by atoms with Gasteiger partial charge in [-0.05, 0) is 38.2 Å². The van der Waals surface area contributed by atoms with E-state index in [0.717, 1.165) is 22.1 Å². The van der Waals surface area contributed by atoms with Gasteiger partial charge in [0, 0.05) is 5.56 Å². The van der Waals surface area contributed by atoms with E-state index in [1.807, 2.05) is 12.1 Å². The zero-order chi connectivity index (χ0) is 14.7. The monoisotopic (exact) mass is 282 g/mol. The van der Waals surface area contributed by atoms with E-state index in [1.54, 1.807) is 0 Å². The van der Waals surface area contributed by atoms with Crippen molar-refractivity contribution in [2.45, 2.75) is 6.10 Å². The Morgan fingerprint density at radius 1 is 0.636 bits per heavy atom. The summed E-state index contributed by atoms with van der Waals surface area (Å²) >= 11 is 0. The molecule has 22 heavy (non-hydrogen) atoms. The molecule has 0 saturated heterocycles. The molecule has 0 aromatic heterocycles. The van der Waals surface area contributed by atoms with E-state index >= 15 is 0 Å². The Morgan fingerprint density at radius 2 is 1.27 bits per heavy atom. The normalized spacial score (nSPS) is 16.0. The first-order valence-electron chi connectivity index (χ1n) is 7.56. The Labute approximate surface area is 128 Å². The molecule has 1 aliphatic rings. The third-order valence-corrected chi connectivity index (χ3v) is 4.77. The average molecular weight is 282 g/mol. The van der Waals surface area contributed by atoms with Crippen molar-refractivity contribution in [3.63, 3.8) is 0 Å². The number of rotatable bonds is 0. The van der Waals surface area contributed by atoms with E-state index in [-0.39, 0.29) is 0 Å². The van der Waals surface area contributed by atoms with Crippen LogP contribution in [0.2, 0.25) is 0 Å². The lowest BCUT2D eigenvalue weighted by Crippen LogP contribution is -1.94. The highest BCUT2D eigenvalue weighted by atomic mass is 16.3. The van der Waals surface area contributed by atoms with Gasteiger partial charge in [-0.1, -0.05) is 72.8 Å². The lowest BCUT2D eigenvalue weighted by atomic mass is 9.96. The highest BCUT2D eigenvalue weighted by molar-refractivity contribution is 6.05. The van der Waals surface area contributed by atoms with Gasteiger partial charge in [0.2, 0.25) is 0 Å². The zero-order valence-corrected chi connectivity index (χ0v) is 12.0. The molecule has 0 radical (unpaired) electrons. The first-order chi connectivity index (χ1) is 10.8. The summed E-state index contributed by atoms with van der Waals surface area (Å²) in [5.74, 6) is 0. The highest BCUT2D eigenvalue weighted by Gasteiger charge is 2.29. The maximum absolute atomic E-state index is 10.9. The third kappa shape index (κ3) is 1.41. The summed E-state index contributed by atoms with van der Waals surface area (Å²) in [7, 11) is 0. The van der Waals surface area contributed by atoms with Gasteiger partial charge in [-0.3, -0.25) is 0 Å². The summed E-state index contributed by atoms with van der Waals surface area (Å²) in [5.41, 5.74) is 4.42. The van der Waals surface area contributed by atoms with Gasteiger partial charge in [-0.2, -0.15) is 0 Å². The minimum Gasteiger partial charge on any atom is -0.384 e. The van der Waals surface area contributed by atoms with Crippen molar-refractivity contribution < 1.29 is 5.11 Å². The van der Waals surface area contributed by atoms with Crippen LogP contribution in [0.15, 0.2) is 72.8 Å². The Balaban J connectivity index is 1.97. The molecule has 1 atom stereocenters. The minimum atomic E-state index is -0.541. The van der Waals surface area contributed by atoms with Crippen LogP contribution in [0.5, 0.6) is 0 Å². The Morgan fingerprint density at radius 3 is 2.09 bits per heavy atom. The second kappa shape index (κ2) is 4.19. The van der Waals surface area contributed by atoms with Crippen molar-refractivity contribution in [2.75, 3.05) is 0 Å². The van der Waals surface area contributed by atoms with Crippen LogP contribution in [0.25, 0.3) is 32.7 Å². The van der Waals surface area contributed by atoms with Gasteiger partial charge < -0.3 is 5.11 Å². The molecule has 0 unspecified atom stereocenters. The molecule has 0 heterocycles. The minimum absolute atomic E-state index is 0.541. The number of aliphatic hydroxyl groups excluding tert-OH is 1. The molecule has 0 fully saturated rings. The second-order valence-corrected chi connectivity index (χ2v) is 5.90. The Bertz CT molecular complexity index is 1050. The predicted octanol–water partition coefficient (Wildman–Crippen LogP) is 5.06. The quantitative estimate of drug-likeness (QED) is 0.478. The van der Waals surface area contributed by atoms with Gasteiger partial charge in [0.25, 0.3) is 0 Å². The maximum atomic E-state index is 10.9. The Hall–Kier alpha value is -2.64. The smallest absolute Gasteiger partial charge is 0.106 e. The number of fused-ring (bicyclic) bond motifs is 7. The Kier molecular flexibility index (Phi) is 2.28. The van der Waals surface area contributed by atoms with Gasteiger partial charge in [0.05, 0.1) is 0 Å². The molecule has 0 bridgehead atoms. The maximum Gasteiger partial charge on any atom is 0.106 e. The largest absolute Gasteiger partial charge is 0.384 e. The molecule has 104 valence electrons. The summed E-state index contributed by atoms with van der Waals surface area (Å²) in [5, 5.41) is 15.6. The van der Waals surface area contributed by atoms with Crippen molar-refractivity contribution in [3.8, 4) is 11.1 Å². The van der Waals surface area contributed by atoms with Crippen LogP contribution in [0.3, 0.4) is 0 Å². The molecule has 0 aliphatic heterocycles. The molecule has 5 rings (SSSR count). The number of aliphatic hydroxyl groups is 1. The topological polar surface area (TPSA) is 20.2 Å². The lowest BCUT2D eigenvalue weighted by Gasteiger charge is -2.09. The second-order valence-electron chi connectivity index (χ2n) is 5.90. The first-order valence-corrected chi connectivity index (χ1v) is 7.56. The van der Waals surface area contributed by atoms with Crippen LogP contribution < -0.4 is 0 Å². The molecule has 1 N–H and O–H groups in total. The fourth-order valence-corrected chi connectivity index (χ4v) is 3.78. The van der Waals surface area contributed by atoms with E-state index in [1.165, 1.54) is 21.7 Å². The van der Waals surface area contributed by atoms with Gasteiger partial charge in [0.15, 0.2) is 0 Å². The number of benzene rings is 4. The summed E-state index contributed by atoms with van der Waals surface area (Å²) in [4.78, 5) is 0. The lowest BCUT2D eigenvalue weighted by molar-refractivity contribution is 0.227. The molecular formula is C21H14O. The average Bonchev–Trinajstić information content (AvgIpc) is 2.88. The van der Waals surface area contributed by atoms with Crippen LogP contribution in [0.4, 0.5) is 0 Å². The van der Waals surface area contributed by atoms with Gasteiger partial charge in [-0.25, -0.2) is 0 Å². The molecule has 1 aliphatic carbocycles. The van der Waals surface area contributed by atoms with Crippen LogP contribution in [-0.4, -0.2) is 5.11 Å². The van der Waals surface area contributed by atoms with E-state index in [2.05, 4.69) is 60.7 Å². The van der Waals surface area contributed by atoms with E-state index < -0.39 is 6.10 Å². The molecule has 0 saturated carbocycles. The van der Waals surface area contributed by atoms with Crippen molar-refractivity contribution in [1.29, 1.82) is 0 Å². The van der Waals surface area contributed by atoms with Crippen molar-refractivity contribution >= 4 is 21.5 Å². The predicted molar refractivity (Wildman–Crippen MR) is 91.0 cm³/mol. The molecule has 0 amide bonds. The van der Waals surface area contributed by atoms with E-state index in [9.17, 15) is 5.11 Å². The highest BCUT2D eigenvalue weighted by Crippen LogP contribution is 2.49. The standard InChI is InChI=1S/C21H14O/c22-21-18-12-10-13-5-1-3-7-15(13)19(18)17-11-9-14-6-2-4-8-16(14)20(17)21/h1-12,21-22H/t21-/m0/s1. The molecule has 4 aromatic rings. The third-order valence-electron chi connectivity index (χ3n) is 4.77. The van der Waals surface area contributed by atoms with Crippen LogP contribution in [0.1, 0.15) is 17.2 Å². The first kappa shape index (κ1) is 12.0. The summed E-state index contributed by atoms with van der Waals surface area (Å²) in [6.07, 6.45) is -0.541. The molecule has 0 spiro atoms. The zero-order valence-electron chi connectivity index (χ0n) is 12.0. The van der Waals surface area contributed by atoms with Crippen LogP contribution in [0, 0.1) is 0 Å². The van der Waals surface area contributed by atoms with Gasteiger partial charge in [0.1, 0.15) is 6.10 Å². The summed E-state index contributed by atoms with van der Waals surface area (Å²) in [6, 6.07) is 25.1. The summed E-state index contributed by atoms with van der Waals surface area (Å²) in [6.45, 7) is 0. The molecule has 4 aromatic carbocycles. The molecule has 1 heteroatoms. The van der Waals surface area contributed by atoms with Crippen LogP contribution in [-0.2, 0) is 0 Å². The molecular weight excluding hydrogens is 268 g/mol. The van der Waals surface area contributed by atoms with Gasteiger partial charge in [-0.15, -0.1) is 0 Å². The fraction of sp³-hybridized carbons (Fsp3) is 0.0476. The number of hydrogen-bond acceptors (Lipinski definition) is 1. The SMILES string of the molecule is O[C@H]1c2ccc3ccccc3c2-c2ccc3ccccc3c21. The number of hydrogen-bond donors (Lipinski definition) is 1. The van der Waals surface area contributed by atoms with E-state index in [4.69, 9.17) is 0 Å². The molecule has 1 nitrogen and oxygen atoms in total. The van der Waals surface area contributed by atoms with Gasteiger partial charge >= 0.3 is 0 Å². The van der Waals surface area contributed by atoms with Crippen molar-refractivity contribution in [2.24, 2.45) is 0 Å². The summed E-state index contributed by atoms with van der Waals surface area (Å²) < 4.78 is 0. The van der Waals surface area contributed by atoms with Crippen LogP contribution >= 0.6 is 0 Å². The van der Waals surface area contributed by atoms with Crippen molar-refractivity contribution in [3.05, 3.63) is 83.9 Å². The van der Waals surface area contributed by atoms with Crippen molar-refractivity contribution in [1.82, 2.24) is 0 Å². The fourth-order valence-electron chi connectivity index (χ4n) is 3.78. The van der Waals surface area contributed by atoms with E-state index in [0.29, 0.717) is 0 Å².